The first kappa shape index (κ1) is 13.2. The van der Waals surface area contributed by atoms with Gasteiger partial charge < -0.3 is 4.40 Å². The highest BCUT2D eigenvalue weighted by atomic mass is 35.5. The van der Waals surface area contributed by atoms with Gasteiger partial charge >= 0.3 is 0 Å². The molecule has 102 valence electrons. The van der Waals surface area contributed by atoms with Crippen LogP contribution >= 0.6 is 11.6 Å². The maximum Gasteiger partial charge on any atom is 0.137 e. The first-order chi connectivity index (χ1) is 9.67. The van der Waals surface area contributed by atoms with E-state index in [1.54, 1.807) is 0 Å². The van der Waals surface area contributed by atoms with Gasteiger partial charge in [-0.1, -0.05) is 49.7 Å². The van der Waals surface area contributed by atoms with E-state index in [9.17, 15) is 0 Å². The minimum absolute atomic E-state index is 0.601. The normalized spacial score (nSPS) is 12.8. The second-order valence-corrected chi connectivity index (χ2v) is 5.61. The average Bonchev–Trinajstić information content (AvgIpc) is 2.89. The summed E-state index contributed by atoms with van der Waals surface area (Å²) in [4.78, 5) is 4.62. The van der Waals surface area contributed by atoms with Crippen molar-refractivity contribution in [1.82, 2.24) is 9.38 Å². The van der Waals surface area contributed by atoms with Crippen LogP contribution in [0.2, 0.25) is 5.02 Å². The lowest BCUT2D eigenvalue weighted by atomic mass is 9.97. The molecule has 0 amide bonds. The minimum atomic E-state index is 0.601. The summed E-state index contributed by atoms with van der Waals surface area (Å²) in [5, 5.41) is 0.716. The van der Waals surface area contributed by atoms with Gasteiger partial charge in [-0.05, 0) is 30.0 Å². The number of nitrogens with zero attached hydrogens (tertiary/aromatic N) is 2. The Hall–Kier alpha value is -1.80. The molecule has 0 N–H and O–H groups in total. The first-order valence-corrected chi connectivity index (χ1v) is 7.29. The number of rotatable bonds is 3. The van der Waals surface area contributed by atoms with Crippen LogP contribution in [0.4, 0.5) is 0 Å². The molecule has 0 aliphatic rings. The third-order valence-corrected chi connectivity index (χ3v) is 4.03. The van der Waals surface area contributed by atoms with Crippen LogP contribution in [0.15, 0.2) is 48.8 Å². The Morgan fingerprint density at radius 3 is 2.55 bits per heavy atom. The van der Waals surface area contributed by atoms with Crippen molar-refractivity contribution >= 4 is 17.2 Å². The molecule has 0 saturated heterocycles. The zero-order valence-electron chi connectivity index (χ0n) is 11.7. The predicted octanol–water partition coefficient (Wildman–Crippen LogP) is 5.17. The van der Waals surface area contributed by atoms with Crippen LogP contribution in [0.25, 0.3) is 16.9 Å². The van der Waals surface area contributed by atoms with E-state index in [0.717, 1.165) is 23.3 Å². The Kier molecular flexibility index (Phi) is 3.49. The van der Waals surface area contributed by atoms with E-state index in [2.05, 4.69) is 43.1 Å². The number of pyridine rings is 1. The van der Waals surface area contributed by atoms with Crippen molar-refractivity contribution in [2.75, 3.05) is 0 Å². The lowest BCUT2D eigenvalue weighted by molar-refractivity contribution is 0.734. The van der Waals surface area contributed by atoms with Crippen molar-refractivity contribution in [3.63, 3.8) is 0 Å². The largest absolute Gasteiger partial charge is 0.305 e. The van der Waals surface area contributed by atoms with Crippen molar-refractivity contribution in [3.8, 4) is 11.3 Å². The van der Waals surface area contributed by atoms with E-state index >= 15 is 0 Å². The van der Waals surface area contributed by atoms with Gasteiger partial charge in [0.15, 0.2) is 0 Å². The van der Waals surface area contributed by atoms with E-state index < -0.39 is 0 Å². The molecule has 0 radical (unpaired) electrons. The number of aromatic nitrogens is 2. The highest BCUT2D eigenvalue weighted by molar-refractivity contribution is 6.30. The van der Waals surface area contributed by atoms with E-state index in [0.29, 0.717) is 10.9 Å². The molecule has 3 rings (SSSR count). The third-order valence-electron chi connectivity index (χ3n) is 3.80. The highest BCUT2D eigenvalue weighted by Gasteiger charge is 2.06. The fraction of sp³-hybridized carbons (Fsp3) is 0.235. The molecular formula is C17H17ClN2. The van der Waals surface area contributed by atoms with Crippen molar-refractivity contribution in [2.24, 2.45) is 0 Å². The summed E-state index contributed by atoms with van der Waals surface area (Å²) in [7, 11) is 0. The van der Waals surface area contributed by atoms with E-state index in [-0.39, 0.29) is 0 Å². The summed E-state index contributed by atoms with van der Waals surface area (Å²) in [6.45, 7) is 4.46. The summed E-state index contributed by atoms with van der Waals surface area (Å²) >= 11 is 6.00. The molecule has 2 aromatic heterocycles. The van der Waals surface area contributed by atoms with E-state index in [1.807, 2.05) is 28.9 Å². The minimum Gasteiger partial charge on any atom is -0.305 e. The Labute approximate surface area is 124 Å². The number of halogens is 1. The molecule has 3 heteroatoms. The van der Waals surface area contributed by atoms with Crippen LogP contribution in [0.3, 0.4) is 0 Å². The smallest absolute Gasteiger partial charge is 0.137 e. The number of hydrogen-bond donors (Lipinski definition) is 0. The highest BCUT2D eigenvalue weighted by Crippen LogP contribution is 2.24. The maximum atomic E-state index is 6.00. The molecule has 0 fully saturated rings. The Morgan fingerprint density at radius 1 is 1.10 bits per heavy atom. The standard InChI is InChI=1S/C17H17ClN2/c1-3-12(2)13-4-6-14(7-5-13)16-11-20-10-15(18)8-9-17(20)19-16/h4-12H,3H2,1-2H3. The number of benzene rings is 1. The molecule has 0 bridgehead atoms. The summed E-state index contributed by atoms with van der Waals surface area (Å²) in [5.74, 6) is 0.601. The molecule has 1 atom stereocenters. The van der Waals surface area contributed by atoms with Gasteiger partial charge in [-0.15, -0.1) is 0 Å². The molecule has 3 aromatic rings. The molecule has 2 heterocycles. The number of hydrogen-bond acceptors (Lipinski definition) is 1. The molecule has 0 aliphatic carbocycles. The third kappa shape index (κ3) is 2.44. The predicted molar refractivity (Wildman–Crippen MR) is 84.3 cm³/mol. The first-order valence-electron chi connectivity index (χ1n) is 6.92. The van der Waals surface area contributed by atoms with E-state index in [1.165, 1.54) is 5.56 Å². The fourth-order valence-electron chi connectivity index (χ4n) is 2.32. The summed E-state index contributed by atoms with van der Waals surface area (Å²) in [6, 6.07) is 12.5. The second kappa shape index (κ2) is 5.29. The monoisotopic (exact) mass is 284 g/mol. The molecule has 0 saturated carbocycles. The van der Waals surface area contributed by atoms with Crippen molar-refractivity contribution in [3.05, 3.63) is 59.4 Å². The van der Waals surface area contributed by atoms with E-state index in [4.69, 9.17) is 11.6 Å². The lowest BCUT2D eigenvalue weighted by Crippen LogP contribution is -1.90. The van der Waals surface area contributed by atoms with Crippen LogP contribution in [-0.2, 0) is 0 Å². The fourth-order valence-corrected chi connectivity index (χ4v) is 2.49. The summed E-state index contributed by atoms with van der Waals surface area (Å²) in [6.07, 6.45) is 5.05. The van der Waals surface area contributed by atoms with Crippen LogP contribution in [0.1, 0.15) is 31.7 Å². The van der Waals surface area contributed by atoms with Crippen LogP contribution in [0, 0.1) is 0 Å². The lowest BCUT2D eigenvalue weighted by Gasteiger charge is -2.08. The molecule has 1 aromatic carbocycles. The van der Waals surface area contributed by atoms with Gasteiger partial charge in [0.25, 0.3) is 0 Å². The topological polar surface area (TPSA) is 17.3 Å². The molecule has 0 aliphatic heterocycles. The zero-order valence-corrected chi connectivity index (χ0v) is 12.4. The van der Waals surface area contributed by atoms with Gasteiger partial charge in [0.2, 0.25) is 0 Å². The van der Waals surface area contributed by atoms with Gasteiger partial charge in [0, 0.05) is 18.0 Å². The van der Waals surface area contributed by atoms with Crippen LogP contribution < -0.4 is 0 Å². The van der Waals surface area contributed by atoms with Crippen molar-refractivity contribution in [1.29, 1.82) is 0 Å². The Morgan fingerprint density at radius 2 is 1.85 bits per heavy atom. The molecule has 2 nitrogen and oxygen atoms in total. The average molecular weight is 285 g/mol. The zero-order chi connectivity index (χ0) is 14.1. The van der Waals surface area contributed by atoms with Gasteiger partial charge in [-0.25, -0.2) is 4.98 Å². The quantitative estimate of drug-likeness (QED) is 0.649. The number of fused-ring (bicyclic) bond motifs is 1. The van der Waals surface area contributed by atoms with Gasteiger partial charge in [0.1, 0.15) is 5.65 Å². The summed E-state index contributed by atoms with van der Waals surface area (Å²) in [5.41, 5.74) is 4.40. The summed E-state index contributed by atoms with van der Waals surface area (Å²) < 4.78 is 1.96. The second-order valence-electron chi connectivity index (χ2n) is 5.17. The molecule has 0 spiro atoms. The molecule has 1 unspecified atom stereocenters. The van der Waals surface area contributed by atoms with Crippen molar-refractivity contribution < 1.29 is 0 Å². The maximum absolute atomic E-state index is 6.00. The number of imidazole rings is 1. The van der Waals surface area contributed by atoms with Crippen LogP contribution in [0.5, 0.6) is 0 Å². The Bertz CT molecular complexity index is 728. The SMILES string of the molecule is CCC(C)c1ccc(-c2cn3cc(Cl)ccc3n2)cc1. The van der Waals surface area contributed by atoms with Crippen LogP contribution in [-0.4, -0.2) is 9.38 Å². The molecular weight excluding hydrogens is 268 g/mol. The molecule has 20 heavy (non-hydrogen) atoms. The van der Waals surface area contributed by atoms with Gasteiger partial charge in [-0.2, -0.15) is 0 Å². The van der Waals surface area contributed by atoms with Gasteiger partial charge in [-0.3, -0.25) is 0 Å². The van der Waals surface area contributed by atoms with Gasteiger partial charge in [0.05, 0.1) is 10.7 Å². The Balaban J connectivity index is 1.98. The van der Waals surface area contributed by atoms with Crippen molar-refractivity contribution in [2.45, 2.75) is 26.2 Å².